The molecule has 1 aromatic carbocycles. The number of carbonyl (C=O) groups is 1. The van der Waals surface area contributed by atoms with Gasteiger partial charge in [-0.2, -0.15) is 18.3 Å². The molecule has 1 amide bonds. The molecule has 2 aromatic rings. The number of aryl methyl sites for hydroxylation is 1. The van der Waals surface area contributed by atoms with E-state index in [0.29, 0.717) is 17.0 Å². The lowest BCUT2D eigenvalue weighted by molar-refractivity contribution is -0.143. The van der Waals surface area contributed by atoms with Crippen molar-refractivity contribution < 1.29 is 27.1 Å². The molecule has 5 nitrogen and oxygen atoms in total. The first-order valence-corrected chi connectivity index (χ1v) is 8.43. The lowest BCUT2D eigenvalue weighted by Gasteiger charge is -2.36. The molecule has 146 valence electrons. The van der Waals surface area contributed by atoms with Crippen molar-refractivity contribution >= 4 is 5.91 Å². The average Bonchev–Trinajstić information content (AvgIpc) is 2.86. The van der Waals surface area contributed by atoms with Crippen LogP contribution in [0.25, 0.3) is 0 Å². The SMILES string of the molecule is Cc1nn(CC(F)(F)F)c(C)c1[C@@H]1COCCN1C(=O)c1ccccc1F. The third-order valence-corrected chi connectivity index (χ3v) is 4.59. The fraction of sp³-hybridized carbons (Fsp3) is 0.444. The molecule has 27 heavy (non-hydrogen) atoms. The van der Waals surface area contributed by atoms with Crippen LogP contribution in [0, 0.1) is 19.7 Å². The van der Waals surface area contributed by atoms with Gasteiger partial charge in [-0.1, -0.05) is 12.1 Å². The van der Waals surface area contributed by atoms with E-state index in [4.69, 9.17) is 4.74 Å². The van der Waals surface area contributed by atoms with E-state index in [2.05, 4.69) is 5.10 Å². The maximum atomic E-state index is 14.1. The van der Waals surface area contributed by atoms with Crippen LogP contribution in [0.4, 0.5) is 17.6 Å². The van der Waals surface area contributed by atoms with Crippen LogP contribution in [-0.2, 0) is 11.3 Å². The average molecular weight is 385 g/mol. The molecule has 1 aliphatic heterocycles. The van der Waals surface area contributed by atoms with Crippen molar-refractivity contribution in [1.29, 1.82) is 0 Å². The molecule has 0 radical (unpaired) electrons. The summed E-state index contributed by atoms with van der Waals surface area (Å²) < 4.78 is 58.7. The smallest absolute Gasteiger partial charge is 0.377 e. The molecule has 0 bridgehead atoms. The van der Waals surface area contributed by atoms with Crippen LogP contribution in [-0.4, -0.2) is 46.5 Å². The lowest BCUT2D eigenvalue weighted by Crippen LogP contribution is -2.44. The van der Waals surface area contributed by atoms with E-state index >= 15 is 0 Å². The van der Waals surface area contributed by atoms with Gasteiger partial charge in [-0.3, -0.25) is 9.48 Å². The van der Waals surface area contributed by atoms with E-state index in [1.165, 1.54) is 30.0 Å². The summed E-state index contributed by atoms with van der Waals surface area (Å²) in [5.41, 5.74) is 1.12. The number of amides is 1. The molecule has 1 aliphatic rings. The zero-order valence-corrected chi connectivity index (χ0v) is 14.9. The van der Waals surface area contributed by atoms with Crippen LogP contribution >= 0.6 is 0 Å². The van der Waals surface area contributed by atoms with Crippen molar-refractivity contribution in [3.63, 3.8) is 0 Å². The molecule has 0 N–H and O–H groups in total. The van der Waals surface area contributed by atoms with Gasteiger partial charge in [0, 0.05) is 17.8 Å². The van der Waals surface area contributed by atoms with Crippen LogP contribution in [0.3, 0.4) is 0 Å². The highest BCUT2D eigenvalue weighted by Crippen LogP contribution is 2.32. The Morgan fingerprint density at radius 3 is 2.67 bits per heavy atom. The highest BCUT2D eigenvalue weighted by molar-refractivity contribution is 5.94. The predicted molar refractivity (Wildman–Crippen MR) is 88.8 cm³/mol. The first-order valence-electron chi connectivity index (χ1n) is 8.43. The van der Waals surface area contributed by atoms with Crippen molar-refractivity contribution in [2.24, 2.45) is 0 Å². The number of rotatable bonds is 3. The van der Waals surface area contributed by atoms with Gasteiger partial charge in [-0.15, -0.1) is 0 Å². The summed E-state index contributed by atoms with van der Waals surface area (Å²) in [5.74, 6) is -1.17. The molecule has 9 heteroatoms. The number of nitrogens with zero attached hydrogens (tertiary/aromatic N) is 3. The van der Waals surface area contributed by atoms with Gasteiger partial charge in [0.25, 0.3) is 5.91 Å². The minimum absolute atomic E-state index is 0.0811. The largest absolute Gasteiger partial charge is 0.408 e. The monoisotopic (exact) mass is 385 g/mol. The second-order valence-electron chi connectivity index (χ2n) is 6.43. The second kappa shape index (κ2) is 7.30. The van der Waals surface area contributed by atoms with Crippen molar-refractivity contribution in [2.75, 3.05) is 19.8 Å². The first kappa shape index (κ1) is 19.3. The number of hydrogen-bond acceptors (Lipinski definition) is 3. The van der Waals surface area contributed by atoms with Crippen LogP contribution < -0.4 is 0 Å². The van der Waals surface area contributed by atoms with E-state index in [0.717, 1.165) is 4.68 Å². The van der Waals surface area contributed by atoms with Gasteiger partial charge in [0.15, 0.2) is 0 Å². The zero-order chi connectivity index (χ0) is 19.8. The van der Waals surface area contributed by atoms with Crippen molar-refractivity contribution in [3.8, 4) is 0 Å². The Balaban J connectivity index is 1.97. The highest BCUT2D eigenvalue weighted by Gasteiger charge is 2.36. The van der Waals surface area contributed by atoms with Crippen molar-refractivity contribution in [3.05, 3.63) is 52.6 Å². The fourth-order valence-electron chi connectivity index (χ4n) is 3.39. The number of alkyl halides is 3. The number of ether oxygens (including phenoxy) is 1. The summed E-state index contributed by atoms with van der Waals surface area (Å²) in [7, 11) is 0. The number of aromatic nitrogens is 2. The number of morpholine rings is 1. The van der Waals surface area contributed by atoms with Crippen molar-refractivity contribution in [1.82, 2.24) is 14.7 Å². The van der Waals surface area contributed by atoms with Gasteiger partial charge >= 0.3 is 6.18 Å². The summed E-state index contributed by atoms with van der Waals surface area (Å²) in [5, 5.41) is 3.98. The summed E-state index contributed by atoms with van der Waals surface area (Å²) in [6.07, 6.45) is -4.41. The molecule has 0 spiro atoms. The molecule has 0 aliphatic carbocycles. The topological polar surface area (TPSA) is 47.4 Å². The van der Waals surface area contributed by atoms with Gasteiger partial charge in [-0.05, 0) is 26.0 Å². The summed E-state index contributed by atoms with van der Waals surface area (Å²) in [6.45, 7) is 2.50. The molecule has 1 fully saturated rings. The Hall–Kier alpha value is -2.42. The molecule has 0 unspecified atom stereocenters. The van der Waals surface area contributed by atoms with Gasteiger partial charge < -0.3 is 9.64 Å². The van der Waals surface area contributed by atoms with Gasteiger partial charge in [-0.25, -0.2) is 4.39 Å². The van der Waals surface area contributed by atoms with Gasteiger partial charge in [0.2, 0.25) is 0 Å². The summed E-state index contributed by atoms with van der Waals surface area (Å²) in [4.78, 5) is 14.3. The molecule has 3 rings (SSSR count). The minimum atomic E-state index is -4.41. The Morgan fingerprint density at radius 1 is 1.30 bits per heavy atom. The Bertz CT molecular complexity index is 848. The van der Waals surface area contributed by atoms with E-state index < -0.39 is 30.5 Å². The Labute approximate surface area is 153 Å². The highest BCUT2D eigenvalue weighted by atomic mass is 19.4. The van der Waals surface area contributed by atoms with Crippen LogP contribution in [0.1, 0.15) is 33.4 Å². The molecule has 1 saturated heterocycles. The first-order chi connectivity index (χ1) is 12.7. The molecular weight excluding hydrogens is 366 g/mol. The van der Waals surface area contributed by atoms with E-state index in [1.807, 2.05) is 0 Å². The number of carbonyl (C=O) groups excluding carboxylic acids is 1. The molecule has 0 saturated carbocycles. The van der Waals surface area contributed by atoms with Crippen molar-refractivity contribution in [2.45, 2.75) is 32.6 Å². The van der Waals surface area contributed by atoms with Crippen LogP contribution in [0.2, 0.25) is 0 Å². The van der Waals surface area contributed by atoms with E-state index in [-0.39, 0.29) is 25.3 Å². The quantitative estimate of drug-likeness (QED) is 0.761. The number of halogens is 4. The molecule has 1 atom stereocenters. The molecule has 2 heterocycles. The minimum Gasteiger partial charge on any atom is -0.377 e. The lowest BCUT2D eigenvalue weighted by atomic mass is 10.0. The van der Waals surface area contributed by atoms with Crippen LogP contribution in [0.5, 0.6) is 0 Å². The Morgan fingerprint density at radius 2 is 2.00 bits per heavy atom. The second-order valence-corrected chi connectivity index (χ2v) is 6.43. The maximum absolute atomic E-state index is 14.1. The zero-order valence-electron chi connectivity index (χ0n) is 14.9. The number of benzene rings is 1. The summed E-state index contributed by atoms with van der Waals surface area (Å²) >= 11 is 0. The fourth-order valence-corrected chi connectivity index (χ4v) is 3.39. The summed E-state index contributed by atoms with van der Waals surface area (Å²) in [6, 6.07) is 4.99. The van der Waals surface area contributed by atoms with Gasteiger partial charge in [0.1, 0.15) is 12.4 Å². The van der Waals surface area contributed by atoms with Crippen LogP contribution in [0.15, 0.2) is 24.3 Å². The molecule has 1 aromatic heterocycles. The molecular formula is C18H19F4N3O2. The van der Waals surface area contributed by atoms with Gasteiger partial charge in [0.05, 0.1) is 30.5 Å². The third-order valence-electron chi connectivity index (χ3n) is 4.59. The standard InChI is InChI=1S/C18H19F4N3O2/c1-11-16(12(2)25(23-11)10-18(20,21)22)15-9-27-8-7-24(15)17(26)13-5-3-4-6-14(13)19/h3-6,15H,7-10H2,1-2H3/t15-/m0/s1. The third kappa shape index (κ3) is 3.97. The van der Waals surface area contributed by atoms with E-state index in [1.54, 1.807) is 13.0 Å². The predicted octanol–water partition coefficient (Wildman–Crippen LogP) is 3.42. The van der Waals surface area contributed by atoms with E-state index in [9.17, 15) is 22.4 Å². The Kier molecular flexibility index (Phi) is 5.23. The number of hydrogen-bond donors (Lipinski definition) is 0. The normalized spacial score (nSPS) is 18.0. The maximum Gasteiger partial charge on any atom is 0.408 e.